The van der Waals surface area contributed by atoms with Gasteiger partial charge in [-0.05, 0) is 36.8 Å². The molecule has 3 nitrogen and oxygen atoms in total. The molecule has 0 amide bonds. The van der Waals surface area contributed by atoms with Gasteiger partial charge in [0.2, 0.25) is 0 Å². The van der Waals surface area contributed by atoms with Gasteiger partial charge in [-0.25, -0.2) is 9.18 Å². The second-order valence-electron chi connectivity index (χ2n) is 4.29. The van der Waals surface area contributed by atoms with Gasteiger partial charge < -0.3 is 4.74 Å². The van der Waals surface area contributed by atoms with Gasteiger partial charge in [0, 0.05) is 11.1 Å². The molecular weight excluding hydrogens is 259 g/mol. The van der Waals surface area contributed by atoms with E-state index in [2.05, 4.69) is 4.74 Å². The van der Waals surface area contributed by atoms with E-state index in [0.29, 0.717) is 11.1 Å². The Morgan fingerprint density at radius 2 is 1.75 bits per heavy atom. The monoisotopic (exact) mass is 272 g/mol. The topological polar surface area (TPSA) is 43.4 Å². The molecule has 0 aliphatic carbocycles. The Kier molecular flexibility index (Phi) is 3.94. The van der Waals surface area contributed by atoms with Crippen molar-refractivity contribution in [2.75, 3.05) is 7.11 Å². The fraction of sp³-hybridized carbons (Fsp3) is 0.125. The number of rotatable bonds is 3. The third-order valence-corrected chi connectivity index (χ3v) is 3.00. The van der Waals surface area contributed by atoms with Crippen LogP contribution in [0.2, 0.25) is 0 Å². The van der Waals surface area contributed by atoms with Gasteiger partial charge in [-0.1, -0.05) is 18.2 Å². The van der Waals surface area contributed by atoms with Crippen molar-refractivity contribution in [3.8, 4) is 11.1 Å². The Labute approximate surface area is 116 Å². The highest BCUT2D eigenvalue weighted by atomic mass is 19.1. The average molecular weight is 272 g/mol. The van der Waals surface area contributed by atoms with Crippen LogP contribution in [-0.4, -0.2) is 18.9 Å². The summed E-state index contributed by atoms with van der Waals surface area (Å²) in [6.07, 6.45) is 0. The fourth-order valence-corrected chi connectivity index (χ4v) is 1.96. The van der Waals surface area contributed by atoms with Crippen LogP contribution >= 0.6 is 0 Å². The second kappa shape index (κ2) is 5.65. The summed E-state index contributed by atoms with van der Waals surface area (Å²) in [5.74, 6) is -1.21. The van der Waals surface area contributed by atoms with Gasteiger partial charge in [0.25, 0.3) is 0 Å². The van der Waals surface area contributed by atoms with E-state index < -0.39 is 11.8 Å². The normalized spacial score (nSPS) is 10.2. The van der Waals surface area contributed by atoms with E-state index in [1.807, 2.05) is 0 Å². The molecule has 0 fully saturated rings. The number of Topliss-reactive ketones (excluding diaryl/α,β-unsaturated/α-hetero) is 1. The van der Waals surface area contributed by atoms with E-state index in [0.717, 1.165) is 0 Å². The van der Waals surface area contributed by atoms with Crippen LogP contribution in [0.1, 0.15) is 27.6 Å². The maximum absolute atomic E-state index is 14.0. The molecule has 0 heterocycles. The summed E-state index contributed by atoms with van der Waals surface area (Å²) in [6, 6.07) is 10.6. The zero-order chi connectivity index (χ0) is 14.7. The zero-order valence-electron chi connectivity index (χ0n) is 11.1. The molecule has 102 valence electrons. The van der Waals surface area contributed by atoms with Gasteiger partial charge in [0.1, 0.15) is 5.82 Å². The summed E-state index contributed by atoms with van der Waals surface area (Å²) >= 11 is 0. The first kappa shape index (κ1) is 13.9. The quantitative estimate of drug-likeness (QED) is 0.634. The lowest BCUT2D eigenvalue weighted by Crippen LogP contribution is -2.04. The molecule has 0 aliphatic rings. The van der Waals surface area contributed by atoms with E-state index in [4.69, 9.17) is 0 Å². The summed E-state index contributed by atoms with van der Waals surface area (Å²) in [4.78, 5) is 23.1. The maximum atomic E-state index is 14.0. The van der Waals surface area contributed by atoms with Crippen molar-refractivity contribution < 1.29 is 18.7 Å². The molecule has 2 aromatic rings. The molecule has 0 radical (unpaired) electrons. The van der Waals surface area contributed by atoms with Crippen molar-refractivity contribution in [2.45, 2.75) is 6.92 Å². The molecule has 2 rings (SSSR count). The number of benzene rings is 2. The van der Waals surface area contributed by atoms with Crippen LogP contribution in [0.3, 0.4) is 0 Å². The lowest BCUT2D eigenvalue weighted by atomic mass is 9.97. The van der Waals surface area contributed by atoms with Crippen LogP contribution in [-0.2, 0) is 4.74 Å². The number of ether oxygens (including phenoxy) is 1. The standard InChI is InChI=1S/C16H13FO3/c1-10(18)11-7-8-15(17)14(9-11)12-5-3-4-6-13(12)16(19)20-2/h3-9H,1-2H3. The molecule has 0 aromatic heterocycles. The van der Waals surface area contributed by atoms with Crippen molar-refractivity contribution >= 4 is 11.8 Å². The van der Waals surface area contributed by atoms with Crippen LogP contribution in [0.25, 0.3) is 11.1 Å². The first-order chi connectivity index (χ1) is 9.54. The van der Waals surface area contributed by atoms with Crippen molar-refractivity contribution in [1.82, 2.24) is 0 Å². The number of carbonyl (C=O) groups is 2. The van der Waals surface area contributed by atoms with Crippen molar-refractivity contribution in [3.63, 3.8) is 0 Å². The number of carbonyl (C=O) groups excluding carboxylic acids is 2. The molecule has 0 aliphatic heterocycles. The van der Waals surface area contributed by atoms with E-state index in [9.17, 15) is 14.0 Å². The highest BCUT2D eigenvalue weighted by molar-refractivity contribution is 5.99. The predicted molar refractivity (Wildman–Crippen MR) is 73.2 cm³/mol. The van der Waals surface area contributed by atoms with Crippen LogP contribution < -0.4 is 0 Å². The van der Waals surface area contributed by atoms with Gasteiger partial charge in [-0.15, -0.1) is 0 Å². The fourth-order valence-electron chi connectivity index (χ4n) is 1.96. The highest BCUT2D eigenvalue weighted by Crippen LogP contribution is 2.28. The minimum atomic E-state index is -0.548. The third kappa shape index (κ3) is 2.59. The van der Waals surface area contributed by atoms with Crippen LogP contribution in [0.15, 0.2) is 42.5 Å². The average Bonchev–Trinajstić information content (AvgIpc) is 2.46. The lowest BCUT2D eigenvalue weighted by molar-refractivity contribution is 0.0601. The summed E-state index contributed by atoms with van der Waals surface area (Å²) in [7, 11) is 1.27. The minimum Gasteiger partial charge on any atom is -0.465 e. The lowest BCUT2D eigenvalue weighted by Gasteiger charge is -2.10. The number of hydrogen-bond acceptors (Lipinski definition) is 3. The van der Waals surface area contributed by atoms with Gasteiger partial charge in [-0.3, -0.25) is 4.79 Å². The number of halogens is 1. The summed E-state index contributed by atoms with van der Waals surface area (Å²) in [5, 5.41) is 0. The Hall–Kier alpha value is -2.49. The highest BCUT2D eigenvalue weighted by Gasteiger charge is 2.16. The van der Waals surface area contributed by atoms with Gasteiger partial charge >= 0.3 is 5.97 Å². The molecule has 0 atom stereocenters. The van der Waals surface area contributed by atoms with Gasteiger partial charge in [0.15, 0.2) is 5.78 Å². The van der Waals surface area contributed by atoms with E-state index in [-0.39, 0.29) is 16.9 Å². The minimum absolute atomic E-state index is 0.165. The van der Waals surface area contributed by atoms with E-state index in [1.54, 1.807) is 24.3 Å². The molecule has 0 spiro atoms. The third-order valence-electron chi connectivity index (χ3n) is 3.00. The Morgan fingerprint density at radius 3 is 2.40 bits per heavy atom. The van der Waals surface area contributed by atoms with Gasteiger partial charge in [0.05, 0.1) is 12.7 Å². The Balaban J connectivity index is 2.65. The van der Waals surface area contributed by atoms with E-state index >= 15 is 0 Å². The van der Waals surface area contributed by atoms with Crippen molar-refractivity contribution in [1.29, 1.82) is 0 Å². The Morgan fingerprint density at radius 1 is 1.05 bits per heavy atom. The summed E-state index contributed by atoms with van der Waals surface area (Å²) in [5.41, 5.74) is 1.26. The van der Waals surface area contributed by atoms with Crippen molar-refractivity contribution in [2.24, 2.45) is 0 Å². The number of esters is 1. The van der Waals surface area contributed by atoms with Crippen LogP contribution in [0.5, 0.6) is 0 Å². The molecule has 0 saturated heterocycles. The largest absolute Gasteiger partial charge is 0.465 e. The first-order valence-electron chi connectivity index (χ1n) is 6.02. The molecule has 2 aromatic carbocycles. The van der Waals surface area contributed by atoms with Crippen LogP contribution in [0.4, 0.5) is 4.39 Å². The second-order valence-corrected chi connectivity index (χ2v) is 4.29. The zero-order valence-corrected chi connectivity index (χ0v) is 11.1. The van der Waals surface area contributed by atoms with Gasteiger partial charge in [-0.2, -0.15) is 0 Å². The smallest absolute Gasteiger partial charge is 0.338 e. The molecule has 0 bridgehead atoms. The molecule has 0 saturated carbocycles. The number of hydrogen-bond donors (Lipinski definition) is 0. The molecular formula is C16H13FO3. The number of ketones is 1. The molecule has 0 unspecified atom stereocenters. The predicted octanol–water partition coefficient (Wildman–Crippen LogP) is 3.48. The summed E-state index contributed by atoms with van der Waals surface area (Å²) < 4.78 is 18.7. The number of methoxy groups -OCH3 is 1. The molecule has 20 heavy (non-hydrogen) atoms. The van der Waals surface area contributed by atoms with Crippen LogP contribution in [0, 0.1) is 5.82 Å². The first-order valence-corrected chi connectivity index (χ1v) is 6.02. The molecule has 4 heteroatoms. The Bertz CT molecular complexity index is 677. The maximum Gasteiger partial charge on any atom is 0.338 e. The van der Waals surface area contributed by atoms with E-state index in [1.165, 1.54) is 32.2 Å². The SMILES string of the molecule is COC(=O)c1ccccc1-c1cc(C(C)=O)ccc1F. The van der Waals surface area contributed by atoms with Crippen molar-refractivity contribution in [3.05, 3.63) is 59.4 Å². The summed E-state index contributed by atoms with van der Waals surface area (Å²) in [6.45, 7) is 1.41. The molecule has 0 N–H and O–H groups in total.